The van der Waals surface area contributed by atoms with Crippen LogP contribution in [-0.4, -0.2) is 34.5 Å². The number of hydrogen-bond acceptors (Lipinski definition) is 6. The van der Waals surface area contributed by atoms with E-state index in [0.29, 0.717) is 22.1 Å². The number of fused-ring (bicyclic) bond motifs is 1. The number of thiazole rings is 1. The first-order chi connectivity index (χ1) is 12.1. The molecule has 0 fully saturated rings. The summed E-state index contributed by atoms with van der Waals surface area (Å²) in [7, 11) is 2.09. The number of nitrogens with one attached hydrogen (secondary N) is 1. The fourth-order valence-electron chi connectivity index (χ4n) is 2.97. The summed E-state index contributed by atoms with van der Waals surface area (Å²) in [6.45, 7) is 3.62. The van der Waals surface area contributed by atoms with Gasteiger partial charge in [-0.15, -0.1) is 11.3 Å². The molecule has 25 heavy (non-hydrogen) atoms. The van der Waals surface area contributed by atoms with Crippen LogP contribution in [0.5, 0.6) is 0 Å². The summed E-state index contributed by atoms with van der Waals surface area (Å²) in [6.07, 6.45) is 0.916. The first-order valence-corrected chi connectivity index (χ1v) is 8.93. The Morgan fingerprint density at radius 2 is 2.12 bits per heavy atom. The molecule has 2 aromatic heterocycles. The smallest absolute Gasteiger partial charge is 0.263 e. The monoisotopic (exact) mass is 354 g/mol. The Bertz CT molecular complexity index is 917. The number of anilines is 1. The lowest BCUT2D eigenvalue weighted by Crippen LogP contribution is -2.25. The molecule has 1 aromatic carbocycles. The van der Waals surface area contributed by atoms with Crippen LogP contribution in [0.3, 0.4) is 0 Å². The predicted molar refractivity (Wildman–Crippen MR) is 96.8 cm³/mol. The van der Waals surface area contributed by atoms with Gasteiger partial charge in [0.2, 0.25) is 0 Å². The fraction of sp³-hybridized carbons (Fsp3) is 0.278. The van der Waals surface area contributed by atoms with Crippen molar-refractivity contribution < 1.29 is 9.32 Å². The summed E-state index contributed by atoms with van der Waals surface area (Å²) in [5.74, 6) is 0.259. The molecule has 3 heterocycles. The van der Waals surface area contributed by atoms with Crippen molar-refractivity contribution in [1.29, 1.82) is 0 Å². The Hall–Kier alpha value is -2.51. The maximum atomic E-state index is 12.8. The van der Waals surface area contributed by atoms with Crippen LogP contribution in [-0.2, 0) is 13.0 Å². The van der Waals surface area contributed by atoms with E-state index in [2.05, 4.69) is 27.4 Å². The Labute approximate surface area is 149 Å². The van der Waals surface area contributed by atoms with Crippen molar-refractivity contribution in [1.82, 2.24) is 15.0 Å². The molecule has 0 spiro atoms. The van der Waals surface area contributed by atoms with E-state index in [1.165, 1.54) is 16.2 Å². The molecular formula is C18H18N4O2S. The molecule has 1 aliphatic heterocycles. The first-order valence-electron chi connectivity index (χ1n) is 8.12. The van der Waals surface area contributed by atoms with Crippen molar-refractivity contribution in [2.45, 2.75) is 19.9 Å². The molecule has 0 aliphatic carbocycles. The summed E-state index contributed by atoms with van der Waals surface area (Å²) < 4.78 is 5.27. The van der Waals surface area contributed by atoms with Gasteiger partial charge in [-0.25, -0.2) is 4.98 Å². The molecule has 4 rings (SSSR count). The van der Waals surface area contributed by atoms with E-state index in [4.69, 9.17) is 4.52 Å². The van der Waals surface area contributed by atoms with Crippen LogP contribution >= 0.6 is 11.3 Å². The minimum atomic E-state index is -0.239. The second-order valence-corrected chi connectivity index (χ2v) is 7.24. The molecule has 0 saturated heterocycles. The van der Waals surface area contributed by atoms with Crippen LogP contribution in [0.15, 0.2) is 34.9 Å². The van der Waals surface area contributed by atoms with Gasteiger partial charge in [0.25, 0.3) is 5.91 Å². The Morgan fingerprint density at radius 3 is 2.92 bits per heavy atom. The zero-order chi connectivity index (χ0) is 17.4. The minimum absolute atomic E-state index is 0.239. The van der Waals surface area contributed by atoms with Crippen molar-refractivity contribution in [3.05, 3.63) is 52.2 Å². The normalized spacial score (nSPS) is 14.3. The van der Waals surface area contributed by atoms with Gasteiger partial charge in [-0.05, 0) is 14.0 Å². The number of aryl methyl sites for hydroxylation is 1. The Balaban J connectivity index is 1.61. The third-order valence-corrected chi connectivity index (χ3v) is 5.28. The van der Waals surface area contributed by atoms with E-state index in [1.54, 1.807) is 6.92 Å². The highest BCUT2D eigenvalue weighted by Gasteiger charge is 2.24. The van der Waals surface area contributed by atoms with E-state index in [9.17, 15) is 4.79 Å². The van der Waals surface area contributed by atoms with Crippen LogP contribution < -0.4 is 5.32 Å². The lowest BCUT2D eigenvalue weighted by Gasteiger charge is -2.20. The number of likely N-dealkylation sites (N-methyl/N-ethyl adjacent to an activating group) is 1. The molecule has 0 unspecified atom stereocenters. The van der Waals surface area contributed by atoms with Crippen molar-refractivity contribution in [3.63, 3.8) is 0 Å². The number of rotatable bonds is 3. The van der Waals surface area contributed by atoms with Crippen molar-refractivity contribution >= 4 is 22.4 Å². The van der Waals surface area contributed by atoms with Gasteiger partial charge in [-0.2, -0.15) is 0 Å². The molecule has 1 N–H and O–H groups in total. The molecule has 0 bridgehead atoms. The van der Waals surface area contributed by atoms with E-state index in [0.717, 1.165) is 30.8 Å². The zero-order valence-corrected chi connectivity index (χ0v) is 14.9. The van der Waals surface area contributed by atoms with Gasteiger partial charge in [0, 0.05) is 30.0 Å². The van der Waals surface area contributed by atoms with E-state index < -0.39 is 0 Å². The summed E-state index contributed by atoms with van der Waals surface area (Å²) >= 11 is 1.54. The van der Waals surface area contributed by atoms with E-state index in [1.807, 2.05) is 30.3 Å². The average Bonchev–Trinajstić information content (AvgIpc) is 3.18. The van der Waals surface area contributed by atoms with Gasteiger partial charge in [0.05, 0.1) is 5.69 Å². The summed E-state index contributed by atoms with van der Waals surface area (Å²) in [5, 5.41) is 7.61. The summed E-state index contributed by atoms with van der Waals surface area (Å²) in [4.78, 5) is 20.9. The minimum Gasteiger partial charge on any atom is -0.360 e. The lowest BCUT2D eigenvalue weighted by atomic mass is 10.1. The summed E-state index contributed by atoms with van der Waals surface area (Å²) in [5.41, 5.74) is 2.95. The molecule has 1 amide bonds. The van der Waals surface area contributed by atoms with Crippen LogP contribution in [0.2, 0.25) is 0 Å². The number of amides is 1. The highest BCUT2D eigenvalue weighted by Crippen LogP contribution is 2.30. The molecule has 7 heteroatoms. The maximum absolute atomic E-state index is 12.8. The fourth-order valence-corrected chi connectivity index (χ4v) is 4.05. The predicted octanol–water partition coefficient (Wildman–Crippen LogP) is 3.35. The summed E-state index contributed by atoms with van der Waals surface area (Å²) in [6, 6.07) is 9.56. The highest BCUT2D eigenvalue weighted by atomic mass is 32.1. The average molecular weight is 354 g/mol. The third kappa shape index (κ3) is 3.08. The third-order valence-electron chi connectivity index (χ3n) is 4.28. The molecule has 6 nitrogen and oxygen atoms in total. The van der Waals surface area contributed by atoms with Gasteiger partial charge in [-0.1, -0.05) is 35.5 Å². The van der Waals surface area contributed by atoms with Crippen molar-refractivity contribution in [2.75, 3.05) is 18.9 Å². The second kappa shape index (κ2) is 6.42. The van der Waals surface area contributed by atoms with Crippen molar-refractivity contribution in [3.8, 4) is 11.3 Å². The molecule has 128 valence electrons. The molecule has 3 aromatic rings. The SMILES string of the molecule is Cc1onc(-c2ccccc2)c1C(=O)Nc1nc2c(s1)CN(C)CC2. The molecule has 1 aliphatic rings. The van der Waals surface area contributed by atoms with Crippen LogP contribution in [0.4, 0.5) is 5.13 Å². The Kier molecular flexibility index (Phi) is 4.10. The largest absolute Gasteiger partial charge is 0.360 e. The van der Waals surface area contributed by atoms with Crippen LogP contribution in [0, 0.1) is 6.92 Å². The van der Waals surface area contributed by atoms with Crippen molar-refractivity contribution in [2.24, 2.45) is 0 Å². The Morgan fingerprint density at radius 1 is 1.32 bits per heavy atom. The first kappa shape index (κ1) is 16.0. The lowest BCUT2D eigenvalue weighted by molar-refractivity contribution is 0.102. The van der Waals surface area contributed by atoms with Gasteiger partial charge in [0.1, 0.15) is 17.0 Å². The molecule has 0 saturated carbocycles. The quantitative estimate of drug-likeness (QED) is 0.781. The molecular weight excluding hydrogens is 336 g/mol. The number of nitrogens with zero attached hydrogens (tertiary/aromatic N) is 3. The number of benzene rings is 1. The van der Waals surface area contributed by atoms with Crippen LogP contribution in [0.25, 0.3) is 11.3 Å². The van der Waals surface area contributed by atoms with Gasteiger partial charge >= 0.3 is 0 Å². The maximum Gasteiger partial charge on any atom is 0.263 e. The highest BCUT2D eigenvalue weighted by molar-refractivity contribution is 7.15. The second-order valence-electron chi connectivity index (χ2n) is 6.16. The molecule has 0 radical (unpaired) electrons. The van der Waals surface area contributed by atoms with Gasteiger partial charge < -0.3 is 9.42 Å². The number of hydrogen-bond donors (Lipinski definition) is 1. The molecule has 0 atom stereocenters. The van der Waals surface area contributed by atoms with E-state index >= 15 is 0 Å². The van der Waals surface area contributed by atoms with Crippen LogP contribution in [0.1, 0.15) is 26.7 Å². The topological polar surface area (TPSA) is 71.3 Å². The standard InChI is InChI=1S/C18H18N4O2S/c1-11-15(16(21-24-11)12-6-4-3-5-7-12)17(23)20-18-19-13-8-9-22(2)10-14(13)25-18/h3-7H,8-10H2,1-2H3,(H,19,20,23). The van der Waals surface area contributed by atoms with E-state index in [-0.39, 0.29) is 5.91 Å². The van der Waals surface area contributed by atoms with Gasteiger partial charge in [0.15, 0.2) is 5.13 Å². The number of aromatic nitrogens is 2. The number of carbonyl (C=O) groups excluding carboxylic acids is 1. The van der Waals surface area contributed by atoms with Gasteiger partial charge in [-0.3, -0.25) is 10.1 Å². The zero-order valence-electron chi connectivity index (χ0n) is 14.1. The number of carbonyl (C=O) groups is 1.